The van der Waals surface area contributed by atoms with Crippen molar-refractivity contribution in [2.75, 3.05) is 31.8 Å². The van der Waals surface area contributed by atoms with Gasteiger partial charge in [-0.15, -0.1) is 0 Å². The molecule has 0 radical (unpaired) electrons. The first-order valence-electron chi connectivity index (χ1n) is 10.8. The Bertz CT molecular complexity index is 588. The summed E-state index contributed by atoms with van der Waals surface area (Å²) in [5.74, 6) is 1.43. The molecule has 8 heteroatoms. The summed E-state index contributed by atoms with van der Waals surface area (Å²) in [6.45, 7) is 8.18. The van der Waals surface area contributed by atoms with Gasteiger partial charge in [0.1, 0.15) is 0 Å². The summed E-state index contributed by atoms with van der Waals surface area (Å²) in [6.07, 6.45) is 7.70. The molecule has 2 unspecified atom stereocenters. The Labute approximate surface area is 170 Å². The van der Waals surface area contributed by atoms with Crippen LogP contribution in [-0.4, -0.2) is 69.4 Å². The number of sulfone groups is 1. The molecule has 2 amide bonds. The van der Waals surface area contributed by atoms with Crippen molar-refractivity contribution in [3.63, 3.8) is 0 Å². The minimum Gasteiger partial charge on any atom is -0.376 e. The van der Waals surface area contributed by atoms with Gasteiger partial charge in [-0.05, 0) is 57.3 Å². The number of nitrogens with one attached hydrogen (secondary N) is 2. The van der Waals surface area contributed by atoms with E-state index in [9.17, 15) is 13.2 Å². The van der Waals surface area contributed by atoms with Gasteiger partial charge in [0.2, 0.25) is 0 Å². The fourth-order valence-corrected chi connectivity index (χ4v) is 4.94. The Morgan fingerprint density at radius 2 is 1.86 bits per heavy atom. The summed E-state index contributed by atoms with van der Waals surface area (Å²) in [4.78, 5) is 14.4. The third-order valence-electron chi connectivity index (χ3n) is 6.14. The number of likely N-dealkylation sites (tertiary alicyclic amines) is 1. The van der Waals surface area contributed by atoms with Gasteiger partial charge < -0.3 is 15.0 Å². The molecule has 0 aromatic carbocycles. The lowest BCUT2D eigenvalue weighted by molar-refractivity contribution is -0.0255. The van der Waals surface area contributed by atoms with Crippen LogP contribution in [0.5, 0.6) is 0 Å². The zero-order valence-corrected chi connectivity index (χ0v) is 18.8. The summed E-state index contributed by atoms with van der Waals surface area (Å²) >= 11 is 0. The lowest BCUT2D eigenvalue weighted by Crippen LogP contribution is -2.60. The van der Waals surface area contributed by atoms with Crippen molar-refractivity contribution in [1.82, 2.24) is 15.5 Å². The van der Waals surface area contributed by atoms with Crippen LogP contribution < -0.4 is 10.6 Å². The molecular formula is C20H39N3O4S. The van der Waals surface area contributed by atoms with Crippen LogP contribution in [0.4, 0.5) is 4.79 Å². The van der Waals surface area contributed by atoms with Crippen LogP contribution in [0.1, 0.15) is 59.3 Å². The average molecular weight is 418 g/mol. The molecule has 2 aliphatic rings. The number of hydrogen-bond donors (Lipinski definition) is 2. The van der Waals surface area contributed by atoms with Crippen LogP contribution in [0.25, 0.3) is 0 Å². The molecular weight excluding hydrogens is 378 g/mol. The molecule has 0 bridgehead atoms. The zero-order chi connectivity index (χ0) is 20.7. The molecule has 2 rings (SSSR count). The van der Waals surface area contributed by atoms with E-state index in [-0.39, 0.29) is 30.1 Å². The molecule has 2 fully saturated rings. The van der Waals surface area contributed by atoms with Crippen LogP contribution in [0.15, 0.2) is 0 Å². The standard InChI is InChI=1S/C20H39N3O4S/c1-5-21-20(24)23-12-6-7-18(22-14-28(4,25)26)19(23)13-27-17-10-8-16(9-11-17)15(2)3/h15-19,22H,5-14H2,1-4H3,(H,21,24)/t16-,17+,18?,19?. The molecule has 164 valence electrons. The van der Waals surface area contributed by atoms with E-state index in [0.717, 1.165) is 37.5 Å². The lowest BCUT2D eigenvalue weighted by atomic mass is 9.80. The Hall–Kier alpha value is -0.860. The second-order valence-corrected chi connectivity index (χ2v) is 10.9. The van der Waals surface area contributed by atoms with E-state index < -0.39 is 9.84 Å². The van der Waals surface area contributed by atoms with Gasteiger partial charge in [-0.3, -0.25) is 5.32 Å². The maximum atomic E-state index is 12.5. The monoisotopic (exact) mass is 417 g/mol. The first kappa shape index (κ1) is 23.4. The molecule has 1 aliphatic heterocycles. The first-order chi connectivity index (χ1) is 13.2. The van der Waals surface area contributed by atoms with Crippen LogP contribution in [0.3, 0.4) is 0 Å². The van der Waals surface area contributed by atoms with Gasteiger partial charge in [0, 0.05) is 25.4 Å². The highest BCUT2D eigenvalue weighted by atomic mass is 32.2. The Kier molecular flexibility index (Phi) is 9.02. The van der Waals surface area contributed by atoms with Gasteiger partial charge in [0.15, 0.2) is 9.84 Å². The molecule has 28 heavy (non-hydrogen) atoms. The van der Waals surface area contributed by atoms with Crippen molar-refractivity contribution >= 4 is 15.9 Å². The molecule has 1 aliphatic carbocycles. The molecule has 2 atom stereocenters. The number of nitrogens with zero attached hydrogens (tertiary/aromatic N) is 1. The Balaban J connectivity index is 1.98. The van der Waals surface area contributed by atoms with Gasteiger partial charge in [-0.25, -0.2) is 13.2 Å². The molecule has 7 nitrogen and oxygen atoms in total. The van der Waals surface area contributed by atoms with Gasteiger partial charge in [0.05, 0.1) is 24.6 Å². The van der Waals surface area contributed by atoms with Crippen LogP contribution in [0.2, 0.25) is 0 Å². The van der Waals surface area contributed by atoms with Crippen molar-refractivity contribution < 1.29 is 17.9 Å². The average Bonchev–Trinajstić information content (AvgIpc) is 2.64. The quantitative estimate of drug-likeness (QED) is 0.633. The minimum absolute atomic E-state index is 0.0712. The van der Waals surface area contributed by atoms with Crippen molar-refractivity contribution in [2.45, 2.75) is 77.5 Å². The Morgan fingerprint density at radius 3 is 2.43 bits per heavy atom. The van der Waals surface area contributed by atoms with Crippen molar-refractivity contribution in [2.24, 2.45) is 11.8 Å². The molecule has 0 aromatic rings. The van der Waals surface area contributed by atoms with Crippen LogP contribution in [-0.2, 0) is 14.6 Å². The van der Waals surface area contributed by atoms with Crippen molar-refractivity contribution in [1.29, 1.82) is 0 Å². The third kappa shape index (κ3) is 7.19. The SMILES string of the molecule is CCNC(=O)N1CCCC(NCS(C)(=O)=O)C1CO[C@H]1CC[C@@H](C(C)C)CC1. The van der Waals surface area contributed by atoms with Gasteiger partial charge in [-0.1, -0.05) is 13.8 Å². The van der Waals surface area contributed by atoms with Crippen LogP contribution in [0, 0.1) is 11.8 Å². The van der Waals surface area contributed by atoms with Crippen molar-refractivity contribution in [3.8, 4) is 0 Å². The first-order valence-corrected chi connectivity index (χ1v) is 12.8. The summed E-state index contributed by atoms with van der Waals surface area (Å²) in [5.41, 5.74) is 0. The smallest absolute Gasteiger partial charge is 0.317 e. The lowest BCUT2D eigenvalue weighted by Gasteiger charge is -2.42. The number of piperidine rings is 1. The molecule has 0 aromatic heterocycles. The minimum atomic E-state index is -3.12. The highest BCUT2D eigenvalue weighted by molar-refractivity contribution is 7.90. The van der Waals surface area contributed by atoms with E-state index in [0.29, 0.717) is 19.7 Å². The predicted octanol–water partition coefficient (Wildman–Crippen LogP) is 2.37. The van der Waals surface area contributed by atoms with E-state index in [1.165, 1.54) is 19.1 Å². The number of ether oxygens (including phenoxy) is 1. The largest absolute Gasteiger partial charge is 0.376 e. The molecule has 2 N–H and O–H groups in total. The van der Waals surface area contributed by atoms with Crippen molar-refractivity contribution in [3.05, 3.63) is 0 Å². The topological polar surface area (TPSA) is 87.7 Å². The Morgan fingerprint density at radius 1 is 1.18 bits per heavy atom. The number of carbonyl (C=O) groups is 1. The second kappa shape index (κ2) is 10.8. The van der Waals surface area contributed by atoms with Gasteiger partial charge >= 0.3 is 6.03 Å². The number of rotatable bonds is 8. The van der Waals surface area contributed by atoms with E-state index >= 15 is 0 Å². The van der Waals surface area contributed by atoms with Crippen LogP contribution >= 0.6 is 0 Å². The molecule has 1 saturated carbocycles. The highest BCUT2D eigenvalue weighted by Crippen LogP contribution is 2.31. The maximum absolute atomic E-state index is 12.5. The summed E-state index contributed by atoms with van der Waals surface area (Å²) in [6, 6.07) is -0.312. The van der Waals surface area contributed by atoms with E-state index in [4.69, 9.17) is 4.74 Å². The number of amides is 2. The van der Waals surface area contributed by atoms with E-state index in [2.05, 4.69) is 24.5 Å². The second-order valence-electron chi connectivity index (χ2n) is 8.73. The highest BCUT2D eigenvalue weighted by Gasteiger charge is 2.35. The van der Waals surface area contributed by atoms with Gasteiger partial charge in [-0.2, -0.15) is 0 Å². The predicted molar refractivity (Wildman–Crippen MR) is 112 cm³/mol. The third-order valence-corrected chi connectivity index (χ3v) is 6.83. The fourth-order valence-electron chi connectivity index (χ4n) is 4.42. The van der Waals surface area contributed by atoms with E-state index in [1.54, 1.807) is 0 Å². The molecule has 1 saturated heterocycles. The zero-order valence-electron chi connectivity index (χ0n) is 17.9. The fraction of sp³-hybridized carbons (Fsp3) is 0.950. The molecule has 1 heterocycles. The number of hydrogen-bond acceptors (Lipinski definition) is 5. The van der Waals surface area contributed by atoms with Gasteiger partial charge in [0.25, 0.3) is 0 Å². The molecule has 0 spiro atoms. The summed E-state index contributed by atoms with van der Waals surface area (Å²) in [5, 5.41) is 6.04. The number of urea groups is 1. The maximum Gasteiger partial charge on any atom is 0.317 e. The number of carbonyl (C=O) groups excluding carboxylic acids is 1. The summed E-state index contributed by atoms with van der Waals surface area (Å²) in [7, 11) is -3.12. The summed E-state index contributed by atoms with van der Waals surface area (Å²) < 4.78 is 29.5. The van der Waals surface area contributed by atoms with E-state index in [1.807, 2.05) is 11.8 Å². The normalized spacial score (nSPS) is 29.1.